The van der Waals surface area contributed by atoms with Crippen molar-refractivity contribution >= 4 is 0 Å². The van der Waals surface area contributed by atoms with Gasteiger partial charge < -0.3 is 5.73 Å². The van der Waals surface area contributed by atoms with Gasteiger partial charge in [0.1, 0.15) is 5.82 Å². The number of aromatic nitrogens is 2. The lowest BCUT2D eigenvalue weighted by Gasteiger charge is -2.22. The Morgan fingerprint density at radius 3 is 1.93 bits per heavy atom. The fourth-order valence-electron chi connectivity index (χ4n) is 1.66. The fraction of sp³-hybridized carbons (Fsp3) is 0.667. The molecule has 1 rings (SSSR count). The molecular formula is C12H21N3. The highest BCUT2D eigenvalue weighted by molar-refractivity contribution is 5.25. The molecule has 3 heteroatoms. The summed E-state index contributed by atoms with van der Waals surface area (Å²) in [7, 11) is 0. The Morgan fingerprint density at radius 1 is 1.13 bits per heavy atom. The maximum atomic E-state index is 6.14. The van der Waals surface area contributed by atoms with E-state index in [0.29, 0.717) is 0 Å². The summed E-state index contributed by atoms with van der Waals surface area (Å²) in [6.07, 6.45) is 1.82. The number of aryl methyl sites for hydroxylation is 2. The van der Waals surface area contributed by atoms with Crippen molar-refractivity contribution in [1.82, 2.24) is 9.97 Å². The molecule has 15 heavy (non-hydrogen) atoms. The number of hydrogen-bond donors (Lipinski definition) is 1. The van der Waals surface area contributed by atoms with Crippen LogP contribution in [0.3, 0.4) is 0 Å². The standard InChI is InChI=1S/C12H21N3/c1-6-10-8(3)14-11(15-9(10)4)12(5,13)7-2/h6-7,13H2,1-5H3. The quantitative estimate of drug-likeness (QED) is 0.827. The van der Waals surface area contributed by atoms with Crippen LogP contribution in [-0.4, -0.2) is 9.97 Å². The lowest BCUT2D eigenvalue weighted by Crippen LogP contribution is -2.35. The van der Waals surface area contributed by atoms with E-state index in [1.165, 1.54) is 5.56 Å². The Morgan fingerprint density at radius 2 is 1.60 bits per heavy atom. The summed E-state index contributed by atoms with van der Waals surface area (Å²) in [5.41, 5.74) is 9.09. The van der Waals surface area contributed by atoms with Crippen LogP contribution in [-0.2, 0) is 12.0 Å². The third-order valence-electron chi connectivity index (χ3n) is 3.02. The highest BCUT2D eigenvalue weighted by Crippen LogP contribution is 2.20. The van der Waals surface area contributed by atoms with Gasteiger partial charge in [-0.2, -0.15) is 0 Å². The molecule has 1 unspecified atom stereocenters. The van der Waals surface area contributed by atoms with Gasteiger partial charge in [0, 0.05) is 11.4 Å². The molecule has 0 aromatic carbocycles. The van der Waals surface area contributed by atoms with E-state index >= 15 is 0 Å². The van der Waals surface area contributed by atoms with Crippen LogP contribution in [0.5, 0.6) is 0 Å². The zero-order valence-corrected chi connectivity index (χ0v) is 10.4. The van der Waals surface area contributed by atoms with Gasteiger partial charge in [0.05, 0.1) is 5.54 Å². The van der Waals surface area contributed by atoms with Crippen LogP contribution in [0.2, 0.25) is 0 Å². The van der Waals surface area contributed by atoms with Gasteiger partial charge in [-0.25, -0.2) is 9.97 Å². The molecule has 0 spiro atoms. The summed E-state index contributed by atoms with van der Waals surface area (Å²) in [4.78, 5) is 9.02. The van der Waals surface area contributed by atoms with E-state index in [4.69, 9.17) is 5.73 Å². The van der Waals surface area contributed by atoms with E-state index in [1.54, 1.807) is 0 Å². The summed E-state index contributed by atoms with van der Waals surface area (Å²) in [6.45, 7) is 10.2. The van der Waals surface area contributed by atoms with Crippen LogP contribution in [0.4, 0.5) is 0 Å². The summed E-state index contributed by atoms with van der Waals surface area (Å²) in [5, 5.41) is 0. The molecule has 0 aliphatic heterocycles. The van der Waals surface area contributed by atoms with Gasteiger partial charge in [-0.1, -0.05) is 13.8 Å². The van der Waals surface area contributed by atoms with E-state index in [1.807, 2.05) is 20.8 Å². The average Bonchev–Trinajstić information content (AvgIpc) is 2.17. The molecule has 1 aromatic heterocycles. The predicted molar refractivity (Wildman–Crippen MR) is 62.7 cm³/mol. The third-order valence-corrected chi connectivity index (χ3v) is 3.02. The van der Waals surface area contributed by atoms with Gasteiger partial charge in [-0.15, -0.1) is 0 Å². The number of nitrogens with two attached hydrogens (primary N) is 1. The van der Waals surface area contributed by atoms with Crippen LogP contribution >= 0.6 is 0 Å². The average molecular weight is 207 g/mol. The van der Waals surface area contributed by atoms with Crippen LogP contribution in [0.1, 0.15) is 50.0 Å². The number of nitrogens with zero attached hydrogens (tertiary/aromatic N) is 2. The highest BCUT2D eigenvalue weighted by Gasteiger charge is 2.23. The second-order valence-corrected chi connectivity index (χ2v) is 4.32. The van der Waals surface area contributed by atoms with Crippen molar-refractivity contribution in [3.05, 3.63) is 22.8 Å². The van der Waals surface area contributed by atoms with Crippen molar-refractivity contribution < 1.29 is 0 Å². The number of rotatable bonds is 3. The molecular weight excluding hydrogens is 186 g/mol. The zero-order chi connectivity index (χ0) is 11.6. The minimum Gasteiger partial charge on any atom is -0.319 e. The first kappa shape index (κ1) is 12.1. The third kappa shape index (κ3) is 2.34. The van der Waals surface area contributed by atoms with Crippen LogP contribution < -0.4 is 5.73 Å². The van der Waals surface area contributed by atoms with Crippen molar-refractivity contribution in [2.24, 2.45) is 5.73 Å². The zero-order valence-electron chi connectivity index (χ0n) is 10.4. The SMILES string of the molecule is CCc1c(C)nc(C(C)(N)CC)nc1C. The van der Waals surface area contributed by atoms with E-state index in [0.717, 1.165) is 30.1 Å². The van der Waals surface area contributed by atoms with Gasteiger partial charge in [0.15, 0.2) is 0 Å². The van der Waals surface area contributed by atoms with Gasteiger partial charge in [-0.05, 0) is 39.2 Å². The van der Waals surface area contributed by atoms with Crippen molar-refractivity contribution in [1.29, 1.82) is 0 Å². The summed E-state index contributed by atoms with van der Waals surface area (Å²) < 4.78 is 0. The molecule has 0 bridgehead atoms. The molecule has 1 aromatic rings. The topological polar surface area (TPSA) is 51.8 Å². The molecule has 0 aliphatic rings. The molecule has 0 saturated heterocycles. The van der Waals surface area contributed by atoms with Crippen molar-refractivity contribution in [3.63, 3.8) is 0 Å². The first-order valence-corrected chi connectivity index (χ1v) is 5.55. The van der Waals surface area contributed by atoms with E-state index < -0.39 is 5.54 Å². The molecule has 0 aliphatic carbocycles. The second kappa shape index (κ2) is 4.27. The monoisotopic (exact) mass is 207 g/mol. The molecule has 0 fully saturated rings. The minimum atomic E-state index is -0.415. The maximum Gasteiger partial charge on any atom is 0.148 e. The molecule has 0 amide bonds. The van der Waals surface area contributed by atoms with Gasteiger partial charge in [0.25, 0.3) is 0 Å². The number of hydrogen-bond acceptors (Lipinski definition) is 3. The lowest BCUT2D eigenvalue weighted by atomic mass is 9.98. The minimum absolute atomic E-state index is 0.415. The van der Waals surface area contributed by atoms with Crippen LogP contribution in [0, 0.1) is 13.8 Å². The maximum absolute atomic E-state index is 6.14. The molecule has 0 radical (unpaired) electrons. The first-order chi connectivity index (χ1) is 6.92. The Balaban J connectivity index is 3.26. The molecule has 84 valence electrons. The molecule has 0 saturated carbocycles. The van der Waals surface area contributed by atoms with Gasteiger partial charge in [-0.3, -0.25) is 0 Å². The Labute approximate surface area is 92.1 Å². The van der Waals surface area contributed by atoms with Gasteiger partial charge >= 0.3 is 0 Å². The Kier molecular flexibility index (Phi) is 3.45. The fourth-order valence-corrected chi connectivity index (χ4v) is 1.66. The Hall–Kier alpha value is -0.960. The smallest absolute Gasteiger partial charge is 0.148 e. The Bertz CT molecular complexity index is 333. The summed E-state index contributed by atoms with van der Waals surface area (Å²) >= 11 is 0. The van der Waals surface area contributed by atoms with Crippen molar-refractivity contribution in [3.8, 4) is 0 Å². The van der Waals surface area contributed by atoms with E-state index in [-0.39, 0.29) is 0 Å². The molecule has 3 nitrogen and oxygen atoms in total. The second-order valence-electron chi connectivity index (χ2n) is 4.32. The molecule has 2 N–H and O–H groups in total. The van der Waals surface area contributed by atoms with Gasteiger partial charge in [0.2, 0.25) is 0 Å². The van der Waals surface area contributed by atoms with Crippen molar-refractivity contribution in [2.45, 2.75) is 53.0 Å². The molecule has 1 heterocycles. The highest BCUT2D eigenvalue weighted by atomic mass is 15.0. The summed E-state index contributed by atoms with van der Waals surface area (Å²) in [5.74, 6) is 0.761. The first-order valence-electron chi connectivity index (χ1n) is 5.55. The summed E-state index contributed by atoms with van der Waals surface area (Å²) in [6, 6.07) is 0. The predicted octanol–water partition coefficient (Wildman–Crippen LogP) is 2.24. The lowest BCUT2D eigenvalue weighted by molar-refractivity contribution is 0.442. The molecule has 1 atom stereocenters. The van der Waals surface area contributed by atoms with Crippen LogP contribution in [0.25, 0.3) is 0 Å². The normalized spacial score (nSPS) is 15.1. The van der Waals surface area contributed by atoms with Crippen LogP contribution in [0.15, 0.2) is 0 Å². The van der Waals surface area contributed by atoms with E-state index in [2.05, 4.69) is 23.8 Å². The van der Waals surface area contributed by atoms with Crippen molar-refractivity contribution in [2.75, 3.05) is 0 Å². The van der Waals surface area contributed by atoms with E-state index in [9.17, 15) is 0 Å². The largest absolute Gasteiger partial charge is 0.319 e.